The Bertz CT molecular complexity index is 969. The van der Waals surface area contributed by atoms with Gasteiger partial charge in [0.2, 0.25) is 17.7 Å². The molecule has 0 bridgehead atoms. The lowest BCUT2D eigenvalue weighted by atomic mass is 10.3. The largest absolute Gasteiger partial charge is 0.437 e. The predicted octanol–water partition coefficient (Wildman–Crippen LogP) is 3.72. The van der Waals surface area contributed by atoms with E-state index in [-0.39, 0.29) is 0 Å². The van der Waals surface area contributed by atoms with Crippen molar-refractivity contribution in [2.45, 2.75) is 0 Å². The predicted molar refractivity (Wildman–Crippen MR) is 82.7 cm³/mol. The molecule has 23 heavy (non-hydrogen) atoms. The Balaban J connectivity index is 1.84. The molecule has 0 fully saturated rings. The van der Waals surface area contributed by atoms with Crippen molar-refractivity contribution in [3.8, 4) is 23.1 Å². The summed E-state index contributed by atoms with van der Waals surface area (Å²) in [5, 5.41) is 4.35. The third-order valence-electron chi connectivity index (χ3n) is 3.26. The Hall–Kier alpha value is -3.28. The minimum atomic E-state index is -0.579. The molecule has 0 N–H and O–H groups in total. The number of aromatic nitrogens is 4. The van der Waals surface area contributed by atoms with E-state index >= 15 is 0 Å². The van der Waals surface area contributed by atoms with E-state index in [4.69, 9.17) is 4.74 Å². The molecule has 0 aliphatic rings. The molecule has 0 atom stereocenters. The molecule has 0 aliphatic heterocycles. The molecule has 3 heterocycles. The van der Waals surface area contributed by atoms with Gasteiger partial charge in [-0.2, -0.15) is 9.37 Å². The van der Waals surface area contributed by atoms with Crippen LogP contribution in [0.1, 0.15) is 0 Å². The van der Waals surface area contributed by atoms with Crippen molar-refractivity contribution >= 4 is 5.52 Å². The quantitative estimate of drug-likeness (QED) is 0.541. The Labute approximate surface area is 131 Å². The second-order valence-electron chi connectivity index (χ2n) is 4.84. The molecular formula is C17H11FN4O. The molecule has 0 unspecified atom stereocenters. The zero-order valence-electron chi connectivity index (χ0n) is 11.9. The van der Waals surface area contributed by atoms with Crippen LogP contribution >= 0.6 is 0 Å². The van der Waals surface area contributed by atoms with Gasteiger partial charge in [0.05, 0.1) is 0 Å². The van der Waals surface area contributed by atoms with Crippen LogP contribution in [0, 0.1) is 5.95 Å². The first-order valence-corrected chi connectivity index (χ1v) is 7.01. The van der Waals surface area contributed by atoms with E-state index in [0.29, 0.717) is 28.7 Å². The van der Waals surface area contributed by atoms with Crippen LogP contribution < -0.4 is 4.74 Å². The molecular weight excluding hydrogens is 295 g/mol. The second-order valence-corrected chi connectivity index (χ2v) is 4.84. The minimum Gasteiger partial charge on any atom is -0.437 e. The van der Waals surface area contributed by atoms with Gasteiger partial charge < -0.3 is 4.74 Å². The highest BCUT2D eigenvalue weighted by molar-refractivity contribution is 5.60. The molecule has 4 rings (SSSR count). The van der Waals surface area contributed by atoms with Crippen LogP contribution in [0.3, 0.4) is 0 Å². The van der Waals surface area contributed by atoms with Gasteiger partial charge in [-0.3, -0.25) is 0 Å². The van der Waals surface area contributed by atoms with Crippen LogP contribution in [-0.4, -0.2) is 19.6 Å². The van der Waals surface area contributed by atoms with Gasteiger partial charge in [0.25, 0.3) is 0 Å². The molecule has 0 spiro atoms. The lowest BCUT2D eigenvalue weighted by Crippen LogP contribution is -2.02. The second kappa shape index (κ2) is 5.49. The number of rotatable bonds is 3. The number of nitrogens with zero attached hydrogens (tertiary/aromatic N) is 4. The maximum atomic E-state index is 13.3. The van der Waals surface area contributed by atoms with Crippen LogP contribution in [0.2, 0.25) is 0 Å². The van der Waals surface area contributed by atoms with E-state index in [1.807, 2.05) is 42.5 Å². The van der Waals surface area contributed by atoms with Gasteiger partial charge in [0, 0.05) is 6.20 Å². The van der Waals surface area contributed by atoms with Gasteiger partial charge >= 0.3 is 0 Å². The Morgan fingerprint density at radius 1 is 0.870 bits per heavy atom. The number of ether oxygens (including phenoxy) is 1. The number of hydrogen-bond donors (Lipinski definition) is 0. The van der Waals surface area contributed by atoms with Gasteiger partial charge in [-0.15, -0.1) is 5.10 Å². The molecule has 112 valence electrons. The molecule has 1 aromatic carbocycles. The average Bonchev–Trinajstić information content (AvgIpc) is 3.05. The molecule has 6 heteroatoms. The molecule has 4 aromatic rings. The molecule has 5 nitrogen and oxygen atoms in total. The van der Waals surface area contributed by atoms with E-state index in [1.165, 1.54) is 6.07 Å². The van der Waals surface area contributed by atoms with Gasteiger partial charge in [0.1, 0.15) is 17.0 Å². The summed E-state index contributed by atoms with van der Waals surface area (Å²) in [7, 11) is 0. The minimum absolute atomic E-state index is 0.291. The summed E-state index contributed by atoms with van der Waals surface area (Å²) in [6, 6.07) is 17.5. The van der Waals surface area contributed by atoms with Crippen LogP contribution in [0.5, 0.6) is 11.6 Å². The van der Waals surface area contributed by atoms with E-state index < -0.39 is 5.95 Å². The van der Waals surface area contributed by atoms with E-state index in [1.54, 1.807) is 22.8 Å². The fourth-order valence-corrected chi connectivity index (χ4v) is 2.22. The SMILES string of the molecule is Fc1cccc(-c2nc(Oc3ccccc3)c3cccn3n2)n1. The molecule has 0 radical (unpaired) electrons. The van der Waals surface area contributed by atoms with Crippen molar-refractivity contribution in [3.05, 3.63) is 72.8 Å². The van der Waals surface area contributed by atoms with E-state index in [9.17, 15) is 4.39 Å². The molecule has 3 aromatic heterocycles. The van der Waals surface area contributed by atoms with Gasteiger partial charge in [0.15, 0.2) is 0 Å². The first-order valence-electron chi connectivity index (χ1n) is 7.01. The Morgan fingerprint density at radius 2 is 1.74 bits per heavy atom. The lowest BCUT2D eigenvalue weighted by Gasteiger charge is -2.08. The number of halogens is 1. The third kappa shape index (κ3) is 2.62. The number of benzene rings is 1. The van der Waals surface area contributed by atoms with E-state index in [2.05, 4.69) is 15.1 Å². The number of pyridine rings is 1. The van der Waals surface area contributed by atoms with Crippen molar-refractivity contribution in [2.75, 3.05) is 0 Å². The first-order chi connectivity index (χ1) is 11.3. The lowest BCUT2D eigenvalue weighted by molar-refractivity contribution is 0.464. The molecule has 0 saturated heterocycles. The fraction of sp³-hybridized carbons (Fsp3) is 0. The van der Waals surface area contributed by atoms with Gasteiger partial charge in [-0.05, 0) is 36.4 Å². The summed E-state index contributed by atoms with van der Waals surface area (Å²) >= 11 is 0. The van der Waals surface area contributed by atoms with Crippen molar-refractivity contribution < 1.29 is 9.13 Å². The molecule has 0 amide bonds. The third-order valence-corrected chi connectivity index (χ3v) is 3.26. The number of para-hydroxylation sites is 1. The summed E-state index contributed by atoms with van der Waals surface area (Å²) in [6.45, 7) is 0. The first kappa shape index (κ1) is 13.4. The van der Waals surface area contributed by atoms with Gasteiger partial charge in [-0.1, -0.05) is 24.3 Å². The van der Waals surface area contributed by atoms with Crippen LogP contribution in [-0.2, 0) is 0 Å². The smallest absolute Gasteiger partial charge is 0.247 e. The van der Waals surface area contributed by atoms with Crippen molar-refractivity contribution in [1.82, 2.24) is 19.6 Å². The van der Waals surface area contributed by atoms with E-state index in [0.717, 1.165) is 0 Å². The summed E-state index contributed by atoms with van der Waals surface area (Å²) in [5.74, 6) is 0.757. The van der Waals surface area contributed by atoms with Crippen LogP contribution in [0.4, 0.5) is 4.39 Å². The number of fused-ring (bicyclic) bond motifs is 1. The van der Waals surface area contributed by atoms with Crippen LogP contribution in [0.25, 0.3) is 17.0 Å². The van der Waals surface area contributed by atoms with Crippen molar-refractivity contribution in [3.63, 3.8) is 0 Å². The average molecular weight is 306 g/mol. The Morgan fingerprint density at radius 3 is 2.57 bits per heavy atom. The molecule has 0 saturated carbocycles. The molecule has 0 aliphatic carbocycles. The highest BCUT2D eigenvalue weighted by Crippen LogP contribution is 2.26. The normalized spacial score (nSPS) is 10.8. The monoisotopic (exact) mass is 306 g/mol. The topological polar surface area (TPSA) is 52.3 Å². The fourth-order valence-electron chi connectivity index (χ4n) is 2.22. The van der Waals surface area contributed by atoms with Crippen LogP contribution in [0.15, 0.2) is 66.9 Å². The number of hydrogen-bond acceptors (Lipinski definition) is 4. The Kier molecular flexibility index (Phi) is 3.20. The van der Waals surface area contributed by atoms with Crippen molar-refractivity contribution in [2.24, 2.45) is 0 Å². The summed E-state index contributed by atoms with van der Waals surface area (Å²) < 4.78 is 20.8. The maximum absolute atomic E-state index is 13.3. The maximum Gasteiger partial charge on any atom is 0.247 e. The summed E-state index contributed by atoms with van der Waals surface area (Å²) in [6.07, 6.45) is 1.78. The summed E-state index contributed by atoms with van der Waals surface area (Å²) in [4.78, 5) is 8.22. The zero-order chi connectivity index (χ0) is 15.6. The highest BCUT2D eigenvalue weighted by Gasteiger charge is 2.12. The standard InChI is InChI=1S/C17H11FN4O/c18-15-10-4-8-13(19-15)16-20-17(14-9-5-11-22(14)21-16)23-12-6-2-1-3-7-12/h1-11H. The highest BCUT2D eigenvalue weighted by atomic mass is 19.1. The summed E-state index contributed by atoms with van der Waals surface area (Å²) in [5.41, 5.74) is 1.06. The van der Waals surface area contributed by atoms with Gasteiger partial charge in [-0.25, -0.2) is 9.50 Å². The van der Waals surface area contributed by atoms with Crippen molar-refractivity contribution in [1.29, 1.82) is 0 Å². The zero-order valence-corrected chi connectivity index (χ0v) is 11.9.